The molecule has 1 saturated heterocycles. The highest BCUT2D eigenvalue weighted by Gasteiger charge is 2.50. The van der Waals surface area contributed by atoms with Crippen LogP contribution in [0.2, 0.25) is 0 Å². The fourth-order valence-electron chi connectivity index (χ4n) is 2.94. The lowest BCUT2D eigenvalue weighted by Gasteiger charge is -2.21. The van der Waals surface area contributed by atoms with Crippen molar-refractivity contribution >= 4 is 11.9 Å². The highest BCUT2D eigenvalue weighted by Crippen LogP contribution is 2.33. The van der Waals surface area contributed by atoms with Crippen LogP contribution in [0, 0.1) is 0 Å². The van der Waals surface area contributed by atoms with Gasteiger partial charge < -0.3 is 19.2 Å². The fraction of sp³-hybridized carbons (Fsp3) is 0.294. The van der Waals surface area contributed by atoms with E-state index in [0.29, 0.717) is 30.5 Å². The Hall–Kier alpha value is -2.96. The Balaban J connectivity index is 1.59. The number of fused-ring (bicyclic) bond motifs is 1. The number of amides is 3. The molecule has 0 radical (unpaired) electrons. The summed E-state index contributed by atoms with van der Waals surface area (Å²) in [5.41, 5.74) is -0.402. The summed E-state index contributed by atoms with van der Waals surface area (Å²) in [7, 11) is 0. The monoisotopic (exact) mass is 328 g/mol. The number of ether oxygens (including phenoxy) is 2. The SMILES string of the molecule is C[C@]1(c2ccco2)NC(=O)N(Cc2ccc3c(c2)OCCO3)C1=O. The van der Waals surface area contributed by atoms with Gasteiger partial charge in [-0.25, -0.2) is 4.79 Å². The highest BCUT2D eigenvalue weighted by molar-refractivity contribution is 6.06. The summed E-state index contributed by atoms with van der Waals surface area (Å²) in [5, 5.41) is 2.70. The van der Waals surface area contributed by atoms with Gasteiger partial charge in [-0.2, -0.15) is 0 Å². The maximum atomic E-state index is 12.8. The minimum Gasteiger partial charge on any atom is -0.486 e. The van der Waals surface area contributed by atoms with Gasteiger partial charge in [0.1, 0.15) is 19.0 Å². The molecule has 0 unspecified atom stereocenters. The van der Waals surface area contributed by atoms with E-state index in [9.17, 15) is 9.59 Å². The first-order chi connectivity index (χ1) is 11.6. The third-order valence-corrected chi connectivity index (χ3v) is 4.24. The van der Waals surface area contributed by atoms with E-state index in [4.69, 9.17) is 13.9 Å². The molecule has 1 aromatic carbocycles. The van der Waals surface area contributed by atoms with E-state index < -0.39 is 11.6 Å². The molecule has 24 heavy (non-hydrogen) atoms. The number of imide groups is 1. The Morgan fingerprint density at radius 1 is 1.17 bits per heavy atom. The molecule has 3 heterocycles. The number of hydrogen-bond donors (Lipinski definition) is 1. The van der Waals surface area contributed by atoms with Crippen molar-refractivity contribution in [1.82, 2.24) is 10.2 Å². The second kappa shape index (κ2) is 5.30. The molecule has 0 saturated carbocycles. The molecule has 2 aromatic rings. The second-order valence-electron chi connectivity index (χ2n) is 5.90. The third-order valence-electron chi connectivity index (χ3n) is 4.24. The molecule has 2 aliphatic rings. The van der Waals surface area contributed by atoms with Crippen molar-refractivity contribution in [2.24, 2.45) is 0 Å². The van der Waals surface area contributed by atoms with E-state index in [1.54, 1.807) is 31.2 Å². The van der Waals surface area contributed by atoms with Crippen LogP contribution in [0.4, 0.5) is 4.79 Å². The molecule has 7 nitrogen and oxygen atoms in total. The molecule has 2 aliphatic heterocycles. The molecule has 1 atom stereocenters. The molecule has 4 rings (SSSR count). The first-order valence-corrected chi connectivity index (χ1v) is 7.64. The Morgan fingerprint density at radius 3 is 2.71 bits per heavy atom. The van der Waals surface area contributed by atoms with E-state index in [-0.39, 0.29) is 12.5 Å². The van der Waals surface area contributed by atoms with Crippen molar-refractivity contribution in [3.8, 4) is 11.5 Å². The lowest BCUT2D eigenvalue weighted by Crippen LogP contribution is -2.40. The normalized spacial score (nSPS) is 22.6. The van der Waals surface area contributed by atoms with Crippen LogP contribution in [-0.2, 0) is 16.9 Å². The Labute approximate surface area is 138 Å². The van der Waals surface area contributed by atoms with Gasteiger partial charge in [0.2, 0.25) is 0 Å². The Bertz CT molecular complexity index is 801. The summed E-state index contributed by atoms with van der Waals surface area (Å²) in [6.45, 7) is 2.78. The van der Waals surface area contributed by atoms with Crippen LogP contribution < -0.4 is 14.8 Å². The molecule has 124 valence electrons. The number of carbonyl (C=O) groups is 2. The summed E-state index contributed by atoms with van der Waals surface area (Å²) >= 11 is 0. The Morgan fingerprint density at radius 2 is 1.96 bits per heavy atom. The largest absolute Gasteiger partial charge is 0.486 e. The van der Waals surface area contributed by atoms with E-state index in [1.807, 2.05) is 6.07 Å². The number of nitrogens with zero attached hydrogens (tertiary/aromatic N) is 1. The number of benzene rings is 1. The van der Waals surface area contributed by atoms with Gasteiger partial charge in [0.15, 0.2) is 17.0 Å². The van der Waals surface area contributed by atoms with Crippen molar-refractivity contribution in [3.05, 3.63) is 47.9 Å². The summed E-state index contributed by atoms with van der Waals surface area (Å²) in [5.74, 6) is 1.35. The summed E-state index contributed by atoms with van der Waals surface area (Å²) < 4.78 is 16.3. The zero-order chi connectivity index (χ0) is 16.7. The molecule has 3 amide bonds. The smallest absolute Gasteiger partial charge is 0.325 e. The second-order valence-corrected chi connectivity index (χ2v) is 5.90. The number of nitrogens with one attached hydrogen (secondary N) is 1. The van der Waals surface area contributed by atoms with Crippen LogP contribution in [0.5, 0.6) is 11.5 Å². The van der Waals surface area contributed by atoms with Crippen molar-refractivity contribution in [2.45, 2.75) is 19.0 Å². The third kappa shape index (κ3) is 2.20. The molecule has 0 bridgehead atoms. The summed E-state index contributed by atoms with van der Waals surface area (Å²) in [6.07, 6.45) is 1.48. The zero-order valence-corrected chi connectivity index (χ0v) is 13.1. The van der Waals surface area contributed by atoms with Gasteiger partial charge in [-0.1, -0.05) is 6.07 Å². The molecule has 1 aromatic heterocycles. The van der Waals surface area contributed by atoms with Crippen molar-refractivity contribution in [2.75, 3.05) is 13.2 Å². The van der Waals surface area contributed by atoms with Crippen LogP contribution in [0.15, 0.2) is 41.0 Å². The van der Waals surface area contributed by atoms with E-state index >= 15 is 0 Å². The molecule has 1 fully saturated rings. The van der Waals surface area contributed by atoms with Crippen molar-refractivity contribution in [3.63, 3.8) is 0 Å². The standard InChI is InChI=1S/C17H16N2O5/c1-17(14-3-2-6-24-14)15(20)19(16(21)18-17)10-11-4-5-12-13(9-11)23-8-7-22-12/h2-6,9H,7-8,10H2,1H3,(H,18,21)/t17-/m1/s1. The van der Waals surface area contributed by atoms with E-state index in [1.165, 1.54) is 11.2 Å². The Kier molecular flexibility index (Phi) is 3.23. The minimum absolute atomic E-state index is 0.150. The number of hydrogen-bond acceptors (Lipinski definition) is 5. The van der Waals surface area contributed by atoms with Crippen LogP contribution in [0.1, 0.15) is 18.2 Å². The predicted octanol–water partition coefficient (Wildman–Crippen LogP) is 2.02. The van der Waals surface area contributed by atoms with Gasteiger partial charge >= 0.3 is 6.03 Å². The maximum Gasteiger partial charge on any atom is 0.325 e. The first kappa shape index (κ1) is 14.6. The van der Waals surface area contributed by atoms with Crippen LogP contribution in [0.3, 0.4) is 0 Å². The van der Waals surface area contributed by atoms with Gasteiger partial charge in [0, 0.05) is 0 Å². The van der Waals surface area contributed by atoms with Crippen molar-refractivity contribution < 1.29 is 23.5 Å². The van der Waals surface area contributed by atoms with Crippen LogP contribution >= 0.6 is 0 Å². The van der Waals surface area contributed by atoms with E-state index in [0.717, 1.165) is 5.56 Å². The summed E-state index contributed by atoms with van der Waals surface area (Å²) in [4.78, 5) is 26.2. The number of carbonyl (C=O) groups excluding carboxylic acids is 2. The molecule has 0 spiro atoms. The molecule has 1 N–H and O–H groups in total. The first-order valence-electron chi connectivity index (χ1n) is 7.64. The van der Waals surface area contributed by atoms with Gasteiger partial charge in [0.25, 0.3) is 5.91 Å². The molecule has 7 heteroatoms. The average Bonchev–Trinajstić information content (AvgIpc) is 3.19. The summed E-state index contributed by atoms with van der Waals surface area (Å²) in [6, 6.07) is 8.30. The lowest BCUT2D eigenvalue weighted by molar-refractivity contribution is -0.132. The van der Waals surface area contributed by atoms with Crippen LogP contribution in [0.25, 0.3) is 0 Å². The van der Waals surface area contributed by atoms with Crippen LogP contribution in [-0.4, -0.2) is 30.1 Å². The number of furan rings is 1. The minimum atomic E-state index is -1.19. The fourth-order valence-corrected chi connectivity index (χ4v) is 2.94. The molecule has 0 aliphatic carbocycles. The molecular weight excluding hydrogens is 312 g/mol. The number of urea groups is 1. The van der Waals surface area contributed by atoms with Gasteiger partial charge in [-0.05, 0) is 36.8 Å². The van der Waals surface area contributed by atoms with E-state index in [2.05, 4.69) is 5.32 Å². The average molecular weight is 328 g/mol. The number of rotatable bonds is 3. The topological polar surface area (TPSA) is 81.0 Å². The van der Waals surface area contributed by atoms with Gasteiger partial charge in [0.05, 0.1) is 12.8 Å². The predicted molar refractivity (Wildman–Crippen MR) is 82.6 cm³/mol. The van der Waals surface area contributed by atoms with Gasteiger partial charge in [-0.15, -0.1) is 0 Å². The van der Waals surface area contributed by atoms with Crippen molar-refractivity contribution in [1.29, 1.82) is 0 Å². The quantitative estimate of drug-likeness (QED) is 0.872. The lowest BCUT2D eigenvalue weighted by atomic mass is 9.99. The van der Waals surface area contributed by atoms with Gasteiger partial charge in [-0.3, -0.25) is 9.69 Å². The molecular formula is C17H16N2O5. The maximum absolute atomic E-state index is 12.8. The highest BCUT2D eigenvalue weighted by atomic mass is 16.6. The zero-order valence-electron chi connectivity index (χ0n) is 13.1.